The van der Waals surface area contributed by atoms with Gasteiger partial charge in [0.15, 0.2) is 0 Å². The molecule has 298 valence electrons. The number of methoxy groups -OCH3 is 1. The highest BCUT2D eigenvalue weighted by molar-refractivity contribution is 5.87. The largest absolute Gasteiger partial charge is 0.465 e. The van der Waals surface area contributed by atoms with Gasteiger partial charge in [-0.05, 0) is 105 Å². The van der Waals surface area contributed by atoms with E-state index in [1.807, 2.05) is 36.0 Å². The van der Waals surface area contributed by atoms with Crippen LogP contribution < -0.4 is 5.32 Å². The fraction of sp³-hybridized carbons (Fsp3) is 0.619. The molecule has 8 atom stereocenters. The number of alkyl carbamates (subject to hydrolysis) is 1. The van der Waals surface area contributed by atoms with Crippen molar-refractivity contribution >= 4 is 24.0 Å². The van der Waals surface area contributed by atoms with Gasteiger partial charge in [-0.3, -0.25) is 14.5 Å². The summed E-state index contributed by atoms with van der Waals surface area (Å²) in [6.45, 7) is 3.76. The van der Waals surface area contributed by atoms with Crippen molar-refractivity contribution in [3.05, 3.63) is 59.6 Å². The molecule has 5 saturated carbocycles. The fourth-order valence-electron chi connectivity index (χ4n) is 11.1. The molecule has 0 spiro atoms. The van der Waals surface area contributed by atoms with Crippen molar-refractivity contribution in [3.63, 3.8) is 0 Å². The van der Waals surface area contributed by atoms with Crippen LogP contribution in [-0.4, -0.2) is 102 Å². The number of nitrogens with zero attached hydrogens (tertiary/aromatic N) is 5. The third-order valence-electron chi connectivity index (χ3n) is 14.8. The smallest absolute Gasteiger partial charge is 0.407 e. The van der Waals surface area contributed by atoms with Crippen molar-refractivity contribution < 1.29 is 29.0 Å². The molecule has 14 nitrogen and oxygen atoms in total. The zero-order chi connectivity index (χ0) is 39.1. The monoisotopic (exact) mass is 766 g/mol. The third kappa shape index (κ3) is 5.96. The number of aromatic amines is 2. The van der Waals surface area contributed by atoms with E-state index in [1.165, 1.54) is 25.4 Å². The zero-order valence-corrected chi connectivity index (χ0v) is 32.8. The van der Waals surface area contributed by atoms with Crippen LogP contribution in [0.1, 0.15) is 126 Å². The van der Waals surface area contributed by atoms with Crippen molar-refractivity contribution in [1.29, 1.82) is 0 Å². The molecule has 3 aromatic rings. The topological polar surface area (TPSA) is 177 Å². The van der Waals surface area contributed by atoms with E-state index in [9.17, 15) is 24.3 Å². The Balaban J connectivity index is 0.857. The SMILES string of the molecule is CC[C@H](NC(=O)OC)C(=O)N1[C@@H]2C[C@H]2C[C@H]1c1ncc(C23CCC(c4ccc(-c5cnc([C@@H]6C[C@H]7C[C@H]7N6C(=O)[C@H](CC)N(C)C(=O)O)[nH]5)cc4)(CC2)CC3)[nH]1. The standard InChI is InChI=1S/C42H54N8O6/c1-5-27(46-39(53)56-4)37(51)49-30-17-24(30)20-33(49)36-44-22-34(47-36)42-14-11-41(12-15-42,13-16-42)26-9-7-23(8-10-26)28-21-43-35(45-28)32-19-25-18-31(25)50(32)38(52)29(6-2)48(3)40(54)55/h7-10,21-22,24-25,27,29-33H,5-6,11-20H2,1-4H3,(H,43,45)(H,44,47)(H,46,53)(H,54,55)/t24-,25+,27-,29-,30+,31+,32-,33-,41?,42?/m0/s1. The van der Waals surface area contributed by atoms with Crippen molar-refractivity contribution in [2.24, 2.45) is 11.8 Å². The lowest BCUT2D eigenvalue weighted by atomic mass is 9.51. The lowest BCUT2D eigenvalue weighted by Gasteiger charge is -2.53. The van der Waals surface area contributed by atoms with Gasteiger partial charge < -0.3 is 34.9 Å². The van der Waals surface area contributed by atoms with E-state index in [4.69, 9.17) is 14.7 Å². The van der Waals surface area contributed by atoms with Gasteiger partial charge in [0.1, 0.15) is 23.7 Å². The first-order chi connectivity index (χ1) is 27.0. The molecule has 0 unspecified atom stereocenters. The number of piperidine rings is 2. The van der Waals surface area contributed by atoms with Gasteiger partial charge in [0.05, 0.1) is 31.1 Å². The number of carboxylic acid groups (broad SMARTS) is 1. The number of rotatable bonds is 11. The van der Waals surface area contributed by atoms with Gasteiger partial charge in [0.2, 0.25) is 11.8 Å². The first kappa shape index (κ1) is 36.7. The first-order valence-corrected chi connectivity index (χ1v) is 20.7. The Hall–Kier alpha value is -4.88. The number of nitrogens with one attached hydrogen (secondary N) is 3. The van der Waals surface area contributed by atoms with E-state index < -0.39 is 24.3 Å². The quantitative estimate of drug-likeness (QED) is 0.179. The van der Waals surface area contributed by atoms with Crippen LogP contribution in [0, 0.1) is 11.8 Å². The molecule has 0 radical (unpaired) electrons. The highest BCUT2D eigenvalue weighted by Gasteiger charge is 2.58. The Morgan fingerprint density at radius 1 is 0.839 bits per heavy atom. The Bertz CT molecular complexity index is 2000. The maximum absolute atomic E-state index is 13.7. The number of fused-ring (bicyclic) bond motifs is 5. The van der Waals surface area contributed by atoms with E-state index in [2.05, 4.69) is 39.6 Å². The fourth-order valence-corrected chi connectivity index (χ4v) is 11.1. The third-order valence-corrected chi connectivity index (χ3v) is 14.8. The van der Waals surface area contributed by atoms with Crippen molar-refractivity contribution in [3.8, 4) is 11.3 Å². The number of ether oxygens (including phenoxy) is 1. The number of benzene rings is 1. The predicted molar refractivity (Wildman–Crippen MR) is 205 cm³/mol. The van der Waals surface area contributed by atoms with Crippen molar-refractivity contribution in [2.45, 2.75) is 138 Å². The van der Waals surface area contributed by atoms with Crippen LogP contribution >= 0.6 is 0 Å². The molecule has 2 aliphatic heterocycles. The Morgan fingerprint density at radius 2 is 1.41 bits per heavy atom. The summed E-state index contributed by atoms with van der Waals surface area (Å²) in [5.74, 6) is 2.37. The minimum absolute atomic E-state index is 0.0559. The van der Waals surface area contributed by atoms with Crippen LogP contribution in [0.15, 0.2) is 36.7 Å². The molecule has 7 aliphatic rings. The highest BCUT2D eigenvalue weighted by Crippen LogP contribution is 2.59. The molecule has 10 rings (SSSR count). The van der Waals surface area contributed by atoms with Gasteiger partial charge >= 0.3 is 12.2 Å². The minimum atomic E-state index is -1.10. The van der Waals surface area contributed by atoms with Gasteiger partial charge in [-0.15, -0.1) is 0 Å². The van der Waals surface area contributed by atoms with Gasteiger partial charge in [-0.1, -0.05) is 38.1 Å². The second kappa shape index (κ2) is 13.7. The molecule has 2 bridgehead atoms. The van der Waals surface area contributed by atoms with Gasteiger partial charge in [-0.25, -0.2) is 19.6 Å². The van der Waals surface area contributed by atoms with Crippen LogP contribution in [-0.2, 0) is 25.2 Å². The van der Waals surface area contributed by atoms with Crippen LogP contribution in [0.5, 0.6) is 0 Å². The number of hydrogen-bond donors (Lipinski definition) is 4. The summed E-state index contributed by atoms with van der Waals surface area (Å²) >= 11 is 0. The van der Waals surface area contributed by atoms with Crippen molar-refractivity contribution in [2.75, 3.05) is 14.2 Å². The molecule has 2 saturated heterocycles. The molecule has 2 aromatic heterocycles. The molecule has 4 N–H and O–H groups in total. The highest BCUT2D eigenvalue weighted by atomic mass is 16.5. The normalized spacial score (nSPS) is 32.0. The lowest BCUT2D eigenvalue weighted by molar-refractivity contribution is -0.138. The molecule has 1 aromatic carbocycles. The zero-order valence-electron chi connectivity index (χ0n) is 32.8. The second-order valence-corrected chi connectivity index (χ2v) is 17.5. The maximum Gasteiger partial charge on any atom is 0.407 e. The number of H-pyrrole nitrogens is 2. The summed E-state index contributed by atoms with van der Waals surface area (Å²) < 4.78 is 4.78. The lowest BCUT2D eigenvalue weighted by Crippen LogP contribution is -2.49. The van der Waals surface area contributed by atoms with Gasteiger partial charge in [0.25, 0.3) is 0 Å². The average molecular weight is 767 g/mol. The molecule has 7 fully saturated rings. The average Bonchev–Trinajstić information content (AvgIpc) is 3.80. The van der Waals surface area contributed by atoms with Crippen LogP contribution in [0.2, 0.25) is 0 Å². The predicted octanol–water partition coefficient (Wildman–Crippen LogP) is 6.19. The summed E-state index contributed by atoms with van der Waals surface area (Å²) in [4.78, 5) is 73.0. The summed E-state index contributed by atoms with van der Waals surface area (Å²) in [5.41, 5.74) is 4.74. The van der Waals surface area contributed by atoms with Gasteiger partial charge in [0, 0.05) is 36.4 Å². The summed E-state index contributed by atoms with van der Waals surface area (Å²) in [6, 6.07) is 7.70. The van der Waals surface area contributed by atoms with E-state index in [-0.39, 0.29) is 46.8 Å². The number of carbonyl (C=O) groups is 4. The minimum Gasteiger partial charge on any atom is -0.465 e. The molecular formula is C42H54N8O6. The van der Waals surface area contributed by atoms with Crippen LogP contribution in [0.3, 0.4) is 0 Å². The molecule has 56 heavy (non-hydrogen) atoms. The number of hydrogen-bond acceptors (Lipinski definition) is 7. The van der Waals surface area contributed by atoms with Crippen LogP contribution in [0.4, 0.5) is 9.59 Å². The number of carbonyl (C=O) groups excluding carboxylic acids is 3. The number of likely N-dealkylation sites (N-methyl/N-ethyl adjacent to an activating group) is 1. The number of aromatic nitrogens is 4. The molecule has 5 aliphatic carbocycles. The molecule has 4 amide bonds. The second-order valence-electron chi connectivity index (χ2n) is 17.5. The van der Waals surface area contributed by atoms with Crippen LogP contribution in [0.25, 0.3) is 11.3 Å². The first-order valence-electron chi connectivity index (χ1n) is 20.7. The van der Waals surface area contributed by atoms with E-state index >= 15 is 0 Å². The van der Waals surface area contributed by atoms with E-state index in [1.54, 1.807) is 0 Å². The molecule has 14 heteroatoms. The Morgan fingerprint density at radius 3 is 1.98 bits per heavy atom. The molecular weight excluding hydrogens is 713 g/mol. The number of imidazole rings is 2. The maximum atomic E-state index is 13.7. The van der Waals surface area contributed by atoms with E-state index in [0.29, 0.717) is 24.7 Å². The van der Waals surface area contributed by atoms with Gasteiger partial charge in [-0.2, -0.15) is 0 Å². The Labute approximate surface area is 327 Å². The number of likely N-dealkylation sites (tertiary alicyclic amines) is 2. The van der Waals surface area contributed by atoms with E-state index in [0.717, 1.165) is 92.0 Å². The summed E-state index contributed by atoms with van der Waals surface area (Å²) in [7, 11) is 2.79. The number of amides is 4. The summed E-state index contributed by atoms with van der Waals surface area (Å²) in [6.07, 6.45) is 13.4. The summed E-state index contributed by atoms with van der Waals surface area (Å²) in [5, 5.41) is 12.3. The Kier molecular flexibility index (Phi) is 8.96. The molecule has 4 heterocycles. The van der Waals surface area contributed by atoms with Crippen molar-refractivity contribution in [1.82, 2.24) is 40.0 Å².